The Hall–Kier alpha value is -2.66. The summed E-state index contributed by atoms with van der Waals surface area (Å²) in [5.74, 6) is 0.814. The first-order valence-corrected chi connectivity index (χ1v) is 10.3. The lowest BCUT2D eigenvalue weighted by Gasteiger charge is -2.49. The van der Waals surface area contributed by atoms with Crippen molar-refractivity contribution >= 4 is 16.8 Å². The molecule has 0 spiro atoms. The van der Waals surface area contributed by atoms with E-state index < -0.39 is 0 Å². The van der Waals surface area contributed by atoms with E-state index in [2.05, 4.69) is 47.1 Å². The van der Waals surface area contributed by atoms with Gasteiger partial charge < -0.3 is 9.80 Å². The molecule has 4 aliphatic rings. The number of piperidine rings is 3. The Kier molecular flexibility index (Phi) is 3.45. The van der Waals surface area contributed by atoms with Gasteiger partial charge in [0.25, 0.3) is 5.91 Å². The van der Waals surface area contributed by atoms with Crippen molar-refractivity contribution in [1.29, 1.82) is 0 Å². The van der Waals surface area contributed by atoms with Crippen molar-refractivity contribution in [3.8, 4) is 5.69 Å². The van der Waals surface area contributed by atoms with Gasteiger partial charge in [-0.3, -0.25) is 4.79 Å². The van der Waals surface area contributed by atoms with Crippen molar-refractivity contribution < 1.29 is 4.79 Å². The van der Waals surface area contributed by atoms with Crippen LogP contribution >= 0.6 is 0 Å². The number of hydrogen-bond acceptors (Lipinski definition) is 3. The molecule has 7 rings (SSSR count). The lowest BCUT2D eigenvalue weighted by Crippen LogP contribution is -2.59. The average Bonchev–Trinajstić information content (AvgIpc) is 3.11. The summed E-state index contributed by atoms with van der Waals surface area (Å²) in [6, 6.07) is 14.8. The number of aromatic nitrogens is 2. The van der Waals surface area contributed by atoms with E-state index in [1.807, 2.05) is 16.8 Å². The minimum atomic E-state index is 0.181. The fourth-order valence-corrected chi connectivity index (χ4v) is 5.36. The highest BCUT2D eigenvalue weighted by molar-refractivity contribution is 6.09. The number of rotatable bonds is 2. The number of nitrogens with zero attached hydrogens (tertiary/aromatic N) is 4. The van der Waals surface area contributed by atoms with Crippen LogP contribution in [-0.4, -0.2) is 51.2 Å². The van der Waals surface area contributed by atoms with E-state index >= 15 is 0 Å². The van der Waals surface area contributed by atoms with Crippen molar-refractivity contribution in [2.45, 2.75) is 32.4 Å². The van der Waals surface area contributed by atoms with Crippen LogP contribution < -0.4 is 0 Å². The SMILES string of the molecule is Cc1ccc(-n2nc3c4c(cccc42)C(=O)N(C2CN4CCC2CC4)C3)cc1. The van der Waals surface area contributed by atoms with Gasteiger partial charge in [-0.25, -0.2) is 4.68 Å². The zero-order valence-corrected chi connectivity index (χ0v) is 16.1. The highest BCUT2D eigenvalue weighted by atomic mass is 16.2. The number of amides is 1. The van der Waals surface area contributed by atoms with Crippen molar-refractivity contribution in [2.24, 2.45) is 5.92 Å². The van der Waals surface area contributed by atoms with Crippen molar-refractivity contribution in [3.05, 3.63) is 59.3 Å². The van der Waals surface area contributed by atoms with Crippen molar-refractivity contribution in [1.82, 2.24) is 19.6 Å². The van der Waals surface area contributed by atoms with E-state index in [4.69, 9.17) is 5.10 Å². The number of hydrogen-bond donors (Lipinski definition) is 0. The van der Waals surface area contributed by atoms with Crippen LogP contribution in [0.3, 0.4) is 0 Å². The summed E-state index contributed by atoms with van der Waals surface area (Å²) < 4.78 is 2.00. The van der Waals surface area contributed by atoms with Gasteiger partial charge in [0.15, 0.2) is 0 Å². The van der Waals surface area contributed by atoms with Crippen LogP contribution in [-0.2, 0) is 6.54 Å². The molecule has 3 aromatic rings. The molecule has 0 saturated carbocycles. The molecule has 0 N–H and O–H groups in total. The molecule has 5 heterocycles. The van der Waals surface area contributed by atoms with Crippen LogP contribution in [0.4, 0.5) is 0 Å². The van der Waals surface area contributed by atoms with Gasteiger partial charge in [0.2, 0.25) is 0 Å². The number of aryl methyl sites for hydroxylation is 1. The molecule has 142 valence electrons. The maximum Gasteiger partial charge on any atom is 0.255 e. The first-order valence-electron chi connectivity index (χ1n) is 10.3. The second kappa shape index (κ2) is 5.92. The molecule has 0 aliphatic carbocycles. The van der Waals surface area contributed by atoms with Gasteiger partial charge >= 0.3 is 0 Å². The Morgan fingerprint density at radius 3 is 2.54 bits per heavy atom. The van der Waals surface area contributed by atoms with Gasteiger partial charge in [-0.2, -0.15) is 5.10 Å². The standard InChI is InChI=1S/C23H24N4O/c1-15-5-7-17(8-6-15)27-20-4-2-3-18-22(20)19(24-27)13-26(23(18)28)21-14-25-11-9-16(21)10-12-25/h2-8,16,21H,9-14H2,1H3. The van der Waals surface area contributed by atoms with Gasteiger partial charge in [-0.1, -0.05) is 23.8 Å². The average molecular weight is 372 g/mol. The molecule has 2 aromatic carbocycles. The molecule has 3 saturated heterocycles. The van der Waals surface area contributed by atoms with E-state index in [9.17, 15) is 4.79 Å². The first-order chi connectivity index (χ1) is 13.7. The zero-order chi connectivity index (χ0) is 18.8. The van der Waals surface area contributed by atoms with E-state index in [0.717, 1.165) is 34.4 Å². The summed E-state index contributed by atoms with van der Waals surface area (Å²) in [4.78, 5) is 18.1. The summed E-state index contributed by atoms with van der Waals surface area (Å²) in [6.07, 6.45) is 2.42. The topological polar surface area (TPSA) is 41.4 Å². The number of fused-ring (bicyclic) bond motifs is 3. The predicted molar refractivity (Wildman–Crippen MR) is 109 cm³/mol. The minimum absolute atomic E-state index is 0.181. The Balaban J connectivity index is 1.45. The van der Waals surface area contributed by atoms with E-state index in [-0.39, 0.29) is 5.91 Å². The highest BCUT2D eigenvalue weighted by Gasteiger charge is 2.42. The maximum absolute atomic E-state index is 13.4. The number of carbonyl (C=O) groups excluding carboxylic acids is 1. The van der Waals surface area contributed by atoms with Gasteiger partial charge in [-0.05, 0) is 63.0 Å². The van der Waals surface area contributed by atoms with Gasteiger partial charge in [0, 0.05) is 18.0 Å². The van der Waals surface area contributed by atoms with E-state index in [1.54, 1.807) is 0 Å². The van der Waals surface area contributed by atoms with Gasteiger partial charge in [0.1, 0.15) is 0 Å². The Morgan fingerprint density at radius 2 is 1.82 bits per heavy atom. The fourth-order valence-electron chi connectivity index (χ4n) is 5.36. The van der Waals surface area contributed by atoms with Crippen LogP contribution in [0.15, 0.2) is 42.5 Å². The largest absolute Gasteiger partial charge is 0.328 e. The van der Waals surface area contributed by atoms with Gasteiger partial charge in [-0.15, -0.1) is 0 Å². The summed E-state index contributed by atoms with van der Waals surface area (Å²) >= 11 is 0. The van der Waals surface area contributed by atoms with Gasteiger partial charge in [0.05, 0.1) is 29.0 Å². The maximum atomic E-state index is 13.4. The third-order valence-corrected chi connectivity index (χ3v) is 6.89. The monoisotopic (exact) mass is 372 g/mol. The summed E-state index contributed by atoms with van der Waals surface area (Å²) in [7, 11) is 0. The smallest absolute Gasteiger partial charge is 0.255 e. The number of carbonyl (C=O) groups is 1. The Bertz CT molecular complexity index is 1080. The Morgan fingerprint density at radius 1 is 1.04 bits per heavy atom. The highest BCUT2D eigenvalue weighted by Crippen LogP contribution is 2.37. The molecule has 28 heavy (non-hydrogen) atoms. The van der Waals surface area contributed by atoms with Crippen molar-refractivity contribution in [3.63, 3.8) is 0 Å². The Labute approximate surface area is 164 Å². The van der Waals surface area contributed by atoms with Crippen LogP contribution in [0.5, 0.6) is 0 Å². The predicted octanol–water partition coefficient (Wildman–Crippen LogP) is 3.38. The molecule has 1 atom stereocenters. The third kappa shape index (κ3) is 2.29. The normalized spacial score (nSPS) is 26.2. The molecular weight excluding hydrogens is 348 g/mol. The second-order valence-electron chi connectivity index (χ2n) is 8.53. The minimum Gasteiger partial charge on any atom is -0.328 e. The summed E-state index contributed by atoms with van der Waals surface area (Å²) in [5, 5.41) is 6.00. The molecule has 5 nitrogen and oxygen atoms in total. The number of benzene rings is 2. The van der Waals surface area contributed by atoms with Crippen LogP contribution in [0.1, 0.15) is 34.5 Å². The van der Waals surface area contributed by atoms with E-state index in [1.165, 1.54) is 31.5 Å². The molecule has 1 amide bonds. The first kappa shape index (κ1) is 16.3. The third-order valence-electron chi connectivity index (χ3n) is 6.89. The fraction of sp³-hybridized carbons (Fsp3) is 0.391. The van der Waals surface area contributed by atoms with Crippen LogP contribution in [0.2, 0.25) is 0 Å². The molecule has 3 fully saturated rings. The summed E-state index contributed by atoms with van der Waals surface area (Å²) in [5.41, 5.74) is 5.14. The van der Waals surface area contributed by atoms with Crippen LogP contribution in [0.25, 0.3) is 16.6 Å². The molecule has 5 heteroatoms. The van der Waals surface area contributed by atoms with E-state index in [0.29, 0.717) is 18.5 Å². The molecular formula is C23H24N4O. The quantitative estimate of drug-likeness (QED) is 0.692. The molecule has 0 radical (unpaired) electrons. The van der Waals surface area contributed by atoms with Crippen molar-refractivity contribution in [2.75, 3.05) is 19.6 Å². The zero-order valence-electron chi connectivity index (χ0n) is 16.1. The lowest BCUT2D eigenvalue weighted by molar-refractivity contribution is 0.00364. The van der Waals surface area contributed by atoms with Crippen LogP contribution in [0, 0.1) is 12.8 Å². The molecule has 2 bridgehead atoms. The molecule has 1 unspecified atom stereocenters. The molecule has 1 aromatic heterocycles. The summed E-state index contributed by atoms with van der Waals surface area (Å²) in [6.45, 7) is 6.10. The second-order valence-corrected chi connectivity index (χ2v) is 8.53. The molecule has 4 aliphatic heterocycles. The lowest BCUT2D eigenvalue weighted by atomic mass is 9.82.